The lowest BCUT2D eigenvalue weighted by atomic mass is 10.3. The molecule has 6 heteroatoms. The molecule has 1 heterocycles. The Kier molecular flexibility index (Phi) is 4.87. The highest BCUT2D eigenvalue weighted by Gasteiger charge is 2.05. The SMILES string of the molecule is COc1cc(NCc2ccc(CC(=O)O)s2)ccc1Cl. The first-order valence-electron chi connectivity index (χ1n) is 5.95. The van der Waals surface area contributed by atoms with Gasteiger partial charge in [0.25, 0.3) is 0 Å². The number of thiophene rings is 1. The van der Waals surface area contributed by atoms with Crippen LogP contribution < -0.4 is 10.1 Å². The molecule has 0 bridgehead atoms. The molecule has 20 heavy (non-hydrogen) atoms. The Balaban J connectivity index is 1.98. The summed E-state index contributed by atoms with van der Waals surface area (Å²) in [6.07, 6.45) is 0.0689. The number of rotatable bonds is 6. The number of benzene rings is 1. The zero-order valence-electron chi connectivity index (χ0n) is 10.9. The third kappa shape index (κ3) is 3.88. The fourth-order valence-electron chi connectivity index (χ4n) is 1.72. The van der Waals surface area contributed by atoms with Crippen LogP contribution in [0.1, 0.15) is 9.75 Å². The van der Waals surface area contributed by atoms with Crippen molar-refractivity contribution >= 4 is 34.6 Å². The molecular formula is C14H14ClNO3S. The van der Waals surface area contributed by atoms with Crippen LogP contribution in [0.4, 0.5) is 5.69 Å². The number of halogens is 1. The van der Waals surface area contributed by atoms with E-state index in [0.717, 1.165) is 15.4 Å². The number of hydrogen-bond acceptors (Lipinski definition) is 4. The van der Waals surface area contributed by atoms with Crippen molar-refractivity contribution in [1.82, 2.24) is 0 Å². The number of methoxy groups -OCH3 is 1. The number of carboxylic acids is 1. The van der Waals surface area contributed by atoms with Crippen molar-refractivity contribution < 1.29 is 14.6 Å². The summed E-state index contributed by atoms with van der Waals surface area (Å²) in [4.78, 5) is 12.6. The normalized spacial score (nSPS) is 10.3. The van der Waals surface area contributed by atoms with E-state index < -0.39 is 5.97 Å². The first kappa shape index (κ1) is 14.7. The molecule has 2 rings (SSSR count). The van der Waals surface area contributed by atoms with E-state index >= 15 is 0 Å². The van der Waals surface area contributed by atoms with Gasteiger partial charge in [-0.1, -0.05) is 11.6 Å². The van der Waals surface area contributed by atoms with Crippen molar-refractivity contribution in [2.45, 2.75) is 13.0 Å². The van der Waals surface area contributed by atoms with Gasteiger partial charge in [-0.15, -0.1) is 11.3 Å². The maximum atomic E-state index is 10.6. The van der Waals surface area contributed by atoms with Crippen LogP contribution in [-0.4, -0.2) is 18.2 Å². The van der Waals surface area contributed by atoms with E-state index in [0.29, 0.717) is 17.3 Å². The molecule has 4 nitrogen and oxygen atoms in total. The van der Waals surface area contributed by atoms with Gasteiger partial charge in [-0.3, -0.25) is 4.79 Å². The van der Waals surface area contributed by atoms with E-state index in [-0.39, 0.29) is 6.42 Å². The summed E-state index contributed by atoms with van der Waals surface area (Å²) < 4.78 is 5.15. The number of anilines is 1. The van der Waals surface area contributed by atoms with Gasteiger partial charge in [0.1, 0.15) is 5.75 Å². The fraction of sp³-hybridized carbons (Fsp3) is 0.214. The Bertz CT molecular complexity index is 612. The second kappa shape index (κ2) is 6.63. The Morgan fingerprint density at radius 2 is 2.10 bits per heavy atom. The lowest BCUT2D eigenvalue weighted by Gasteiger charge is -2.08. The molecule has 2 aromatic rings. The van der Waals surface area contributed by atoms with Gasteiger partial charge in [0.15, 0.2) is 0 Å². The molecule has 1 aromatic carbocycles. The maximum Gasteiger partial charge on any atom is 0.308 e. The molecular weight excluding hydrogens is 298 g/mol. The monoisotopic (exact) mass is 311 g/mol. The molecule has 2 N–H and O–H groups in total. The van der Waals surface area contributed by atoms with Crippen LogP contribution in [0.15, 0.2) is 30.3 Å². The highest BCUT2D eigenvalue weighted by atomic mass is 35.5. The van der Waals surface area contributed by atoms with Crippen LogP contribution in [0, 0.1) is 0 Å². The molecule has 0 spiro atoms. The summed E-state index contributed by atoms with van der Waals surface area (Å²) in [6, 6.07) is 9.25. The van der Waals surface area contributed by atoms with E-state index in [1.807, 2.05) is 24.3 Å². The van der Waals surface area contributed by atoms with Crippen LogP contribution in [0.25, 0.3) is 0 Å². The Hall–Kier alpha value is -1.72. The van der Waals surface area contributed by atoms with E-state index in [1.54, 1.807) is 13.2 Å². The van der Waals surface area contributed by atoms with Gasteiger partial charge in [-0.05, 0) is 24.3 Å². The van der Waals surface area contributed by atoms with Crippen molar-refractivity contribution in [3.8, 4) is 5.75 Å². The Morgan fingerprint density at radius 1 is 1.35 bits per heavy atom. The molecule has 0 amide bonds. The van der Waals surface area contributed by atoms with Crippen molar-refractivity contribution in [2.24, 2.45) is 0 Å². The number of carboxylic acid groups (broad SMARTS) is 1. The topological polar surface area (TPSA) is 58.6 Å². The zero-order chi connectivity index (χ0) is 14.5. The van der Waals surface area contributed by atoms with Crippen molar-refractivity contribution in [3.05, 3.63) is 45.1 Å². The van der Waals surface area contributed by atoms with E-state index in [4.69, 9.17) is 21.4 Å². The summed E-state index contributed by atoms with van der Waals surface area (Å²) in [5.41, 5.74) is 0.902. The van der Waals surface area contributed by atoms with Crippen molar-refractivity contribution in [1.29, 1.82) is 0 Å². The average Bonchev–Trinajstić information content (AvgIpc) is 2.84. The number of carbonyl (C=O) groups is 1. The molecule has 0 aliphatic heterocycles. The van der Waals surface area contributed by atoms with Crippen molar-refractivity contribution in [2.75, 3.05) is 12.4 Å². The van der Waals surface area contributed by atoms with Gasteiger partial charge in [-0.2, -0.15) is 0 Å². The van der Waals surface area contributed by atoms with Gasteiger partial charge < -0.3 is 15.2 Å². The molecule has 0 saturated heterocycles. The minimum absolute atomic E-state index is 0.0689. The Morgan fingerprint density at radius 3 is 2.80 bits per heavy atom. The minimum atomic E-state index is -0.811. The quantitative estimate of drug-likeness (QED) is 0.855. The number of ether oxygens (including phenoxy) is 1. The predicted octanol–water partition coefficient (Wildman–Crippen LogP) is 3.65. The summed E-state index contributed by atoms with van der Waals surface area (Å²) in [5.74, 6) is -0.191. The lowest BCUT2D eigenvalue weighted by molar-refractivity contribution is -0.136. The van der Waals surface area contributed by atoms with Gasteiger partial charge in [0.2, 0.25) is 0 Å². The smallest absolute Gasteiger partial charge is 0.308 e. The highest BCUT2D eigenvalue weighted by molar-refractivity contribution is 7.12. The molecule has 1 aromatic heterocycles. The number of hydrogen-bond donors (Lipinski definition) is 2. The molecule has 0 aliphatic rings. The van der Waals surface area contributed by atoms with E-state index in [1.165, 1.54) is 11.3 Å². The first-order chi connectivity index (χ1) is 9.58. The maximum absolute atomic E-state index is 10.6. The van der Waals surface area contributed by atoms with Crippen LogP contribution in [0.5, 0.6) is 5.75 Å². The molecule has 0 unspecified atom stereocenters. The second-order valence-electron chi connectivity index (χ2n) is 4.14. The van der Waals surface area contributed by atoms with Gasteiger partial charge >= 0.3 is 5.97 Å². The van der Waals surface area contributed by atoms with Gasteiger partial charge in [0.05, 0.1) is 18.6 Å². The Labute approximate surface area is 126 Å². The standard InChI is InChI=1S/C14H14ClNO3S/c1-19-13-6-9(2-5-12(13)15)16-8-11-4-3-10(20-11)7-14(17)18/h2-6,16H,7-8H2,1H3,(H,17,18). The third-order valence-corrected chi connectivity index (χ3v) is 4.06. The number of nitrogens with one attached hydrogen (secondary N) is 1. The molecule has 0 atom stereocenters. The highest BCUT2D eigenvalue weighted by Crippen LogP contribution is 2.28. The minimum Gasteiger partial charge on any atom is -0.495 e. The molecule has 106 valence electrons. The summed E-state index contributed by atoms with van der Waals surface area (Å²) in [5, 5.41) is 12.6. The van der Waals surface area contributed by atoms with E-state index in [2.05, 4.69) is 5.32 Å². The first-order valence-corrected chi connectivity index (χ1v) is 7.14. The fourth-order valence-corrected chi connectivity index (χ4v) is 2.86. The number of aliphatic carboxylic acids is 1. The van der Waals surface area contributed by atoms with Crippen LogP contribution >= 0.6 is 22.9 Å². The van der Waals surface area contributed by atoms with Crippen LogP contribution in [0.3, 0.4) is 0 Å². The molecule has 0 saturated carbocycles. The van der Waals surface area contributed by atoms with E-state index in [9.17, 15) is 4.79 Å². The lowest BCUT2D eigenvalue weighted by Crippen LogP contribution is -1.98. The summed E-state index contributed by atoms with van der Waals surface area (Å²) in [6.45, 7) is 0.634. The third-order valence-electron chi connectivity index (χ3n) is 2.66. The van der Waals surface area contributed by atoms with Crippen molar-refractivity contribution in [3.63, 3.8) is 0 Å². The zero-order valence-corrected chi connectivity index (χ0v) is 12.4. The summed E-state index contributed by atoms with van der Waals surface area (Å²) >= 11 is 7.45. The van der Waals surface area contributed by atoms with Crippen LogP contribution in [-0.2, 0) is 17.8 Å². The predicted molar refractivity (Wildman–Crippen MR) is 81.0 cm³/mol. The summed E-state index contributed by atoms with van der Waals surface area (Å²) in [7, 11) is 1.57. The van der Waals surface area contributed by atoms with Crippen LogP contribution in [0.2, 0.25) is 5.02 Å². The van der Waals surface area contributed by atoms with Gasteiger partial charge in [-0.25, -0.2) is 0 Å². The largest absolute Gasteiger partial charge is 0.495 e. The average molecular weight is 312 g/mol. The molecule has 0 aliphatic carbocycles. The molecule has 0 radical (unpaired) electrons. The van der Waals surface area contributed by atoms with Gasteiger partial charge in [0, 0.05) is 28.1 Å². The second-order valence-corrected chi connectivity index (χ2v) is 5.80. The molecule has 0 fully saturated rings.